The number of halogens is 1. The number of ether oxygens (including phenoxy) is 1. The molecule has 0 spiro atoms. The minimum Gasteiger partial charge on any atom is -0.476 e. The van der Waals surface area contributed by atoms with Crippen LogP contribution in [-0.4, -0.2) is 30.7 Å². The number of sulfonamides is 1. The van der Waals surface area contributed by atoms with Crippen molar-refractivity contribution in [2.24, 2.45) is 11.1 Å². The third kappa shape index (κ3) is 4.32. The van der Waals surface area contributed by atoms with Gasteiger partial charge in [-0.1, -0.05) is 18.5 Å². The van der Waals surface area contributed by atoms with Crippen LogP contribution in [-0.2, 0) is 10.0 Å². The molecule has 0 aliphatic heterocycles. The van der Waals surface area contributed by atoms with E-state index >= 15 is 0 Å². The maximum atomic E-state index is 11.2. The van der Waals surface area contributed by atoms with Gasteiger partial charge in [0.15, 0.2) is 0 Å². The molecule has 2 rings (SSSR count). The van der Waals surface area contributed by atoms with Gasteiger partial charge in [0, 0.05) is 0 Å². The summed E-state index contributed by atoms with van der Waals surface area (Å²) in [5.74, 6) is 0.535. The lowest BCUT2D eigenvalue weighted by Gasteiger charge is -2.35. The van der Waals surface area contributed by atoms with Gasteiger partial charge in [-0.3, -0.25) is 0 Å². The van der Waals surface area contributed by atoms with Crippen LogP contribution in [0.1, 0.15) is 39.0 Å². The molecule has 1 aliphatic carbocycles. The Morgan fingerprint density at radius 1 is 1.50 bits per heavy atom. The third-order valence-electron chi connectivity index (χ3n) is 4.26. The highest BCUT2D eigenvalue weighted by Crippen LogP contribution is 2.34. The molecule has 0 radical (unpaired) electrons. The molecule has 0 amide bonds. The maximum Gasteiger partial charge on any atom is 0.239 e. The molecule has 1 heterocycles. The summed E-state index contributed by atoms with van der Waals surface area (Å²) in [4.78, 5) is 3.77. The molecule has 8 heteroatoms. The van der Waals surface area contributed by atoms with Gasteiger partial charge in [-0.05, 0) is 44.1 Å². The molecule has 1 saturated carbocycles. The summed E-state index contributed by atoms with van der Waals surface area (Å²) in [5.41, 5.74) is -0.538. The fourth-order valence-electron chi connectivity index (χ4n) is 2.60. The van der Waals surface area contributed by atoms with Crippen molar-refractivity contribution in [2.75, 3.05) is 6.61 Å². The Kier molecular flexibility index (Phi) is 5.32. The standard InChI is InChI=1S/C14H21ClN2O4S/c1-2-14(18)5-3-10(4-6-14)9-21-13-12(15)7-11(8-17-13)22(16,19)20/h7-8,10,18H,2-6,9H2,1H3,(H2,16,19,20)/t10-,14-. The zero-order chi connectivity index (χ0) is 16.4. The number of rotatable bonds is 5. The van der Waals surface area contributed by atoms with Crippen molar-refractivity contribution in [3.8, 4) is 5.88 Å². The number of primary sulfonamides is 1. The molecule has 0 aromatic carbocycles. The Morgan fingerprint density at radius 2 is 2.14 bits per heavy atom. The van der Waals surface area contributed by atoms with Crippen LogP contribution >= 0.6 is 11.6 Å². The van der Waals surface area contributed by atoms with E-state index in [4.69, 9.17) is 21.5 Å². The zero-order valence-electron chi connectivity index (χ0n) is 12.5. The number of nitrogens with two attached hydrogens (primary N) is 1. The average Bonchev–Trinajstić information content (AvgIpc) is 2.47. The van der Waals surface area contributed by atoms with Crippen LogP contribution in [0.5, 0.6) is 5.88 Å². The highest BCUT2D eigenvalue weighted by molar-refractivity contribution is 7.89. The summed E-state index contributed by atoms with van der Waals surface area (Å²) >= 11 is 5.97. The van der Waals surface area contributed by atoms with Gasteiger partial charge in [0.1, 0.15) is 9.92 Å². The third-order valence-corrected chi connectivity index (χ3v) is 5.41. The molecule has 6 nitrogen and oxygen atoms in total. The SMILES string of the molecule is CC[C@]1(O)CC[C@H](COc2ncc(S(N)(=O)=O)cc2Cl)CC1. The van der Waals surface area contributed by atoms with Gasteiger partial charge in [-0.15, -0.1) is 0 Å². The molecule has 1 aromatic rings. The lowest BCUT2D eigenvalue weighted by molar-refractivity contribution is -0.0180. The van der Waals surface area contributed by atoms with Gasteiger partial charge in [0.2, 0.25) is 15.9 Å². The molecule has 0 saturated heterocycles. The second-order valence-electron chi connectivity index (χ2n) is 5.84. The van der Waals surface area contributed by atoms with Crippen LogP contribution in [0, 0.1) is 5.92 Å². The molecule has 1 aliphatic rings. The van der Waals surface area contributed by atoms with Crippen LogP contribution in [0.2, 0.25) is 5.02 Å². The van der Waals surface area contributed by atoms with Gasteiger partial charge in [0.05, 0.1) is 18.4 Å². The highest BCUT2D eigenvalue weighted by atomic mass is 35.5. The van der Waals surface area contributed by atoms with Crippen LogP contribution < -0.4 is 9.88 Å². The second kappa shape index (κ2) is 6.70. The second-order valence-corrected chi connectivity index (χ2v) is 7.80. The fraction of sp³-hybridized carbons (Fsp3) is 0.643. The van der Waals surface area contributed by atoms with E-state index in [2.05, 4.69) is 4.98 Å². The van der Waals surface area contributed by atoms with Crippen molar-refractivity contribution in [2.45, 2.75) is 49.5 Å². The van der Waals surface area contributed by atoms with Crippen LogP contribution in [0.15, 0.2) is 17.2 Å². The monoisotopic (exact) mass is 348 g/mol. The predicted octanol–water partition coefficient (Wildman–Crippen LogP) is 2.09. The zero-order valence-corrected chi connectivity index (χ0v) is 14.0. The molecule has 1 aromatic heterocycles. The molecule has 0 atom stereocenters. The van der Waals surface area contributed by atoms with E-state index in [0.29, 0.717) is 12.5 Å². The number of aliphatic hydroxyl groups is 1. The predicted molar refractivity (Wildman–Crippen MR) is 83.3 cm³/mol. The lowest BCUT2D eigenvalue weighted by atomic mass is 9.78. The Balaban J connectivity index is 1.93. The quantitative estimate of drug-likeness (QED) is 0.848. The fourth-order valence-corrected chi connectivity index (χ4v) is 3.37. The number of nitrogens with zero attached hydrogens (tertiary/aromatic N) is 1. The summed E-state index contributed by atoms with van der Waals surface area (Å²) in [6.07, 6.45) is 5.21. The Hall–Kier alpha value is -0.890. The van der Waals surface area contributed by atoms with Crippen molar-refractivity contribution in [3.05, 3.63) is 17.3 Å². The van der Waals surface area contributed by atoms with E-state index in [1.807, 2.05) is 6.92 Å². The van der Waals surface area contributed by atoms with E-state index in [1.165, 1.54) is 6.07 Å². The minimum absolute atomic E-state index is 0.118. The first-order valence-electron chi connectivity index (χ1n) is 7.27. The van der Waals surface area contributed by atoms with Crippen LogP contribution in [0.3, 0.4) is 0 Å². The van der Waals surface area contributed by atoms with Gasteiger partial charge in [0.25, 0.3) is 0 Å². The minimum atomic E-state index is -3.82. The molecule has 3 N–H and O–H groups in total. The summed E-state index contributed by atoms with van der Waals surface area (Å²) in [7, 11) is -3.82. The number of pyridine rings is 1. The molecule has 1 fully saturated rings. The van der Waals surface area contributed by atoms with E-state index in [0.717, 1.165) is 38.3 Å². The molecule has 0 bridgehead atoms. The number of hydrogen-bond acceptors (Lipinski definition) is 5. The lowest BCUT2D eigenvalue weighted by Crippen LogP contribution is -2.34. The molecule has 22 heavy (non-hydrogen) atoms. The van der Waals surface area contributed by atoms with Gasteiger partial charge >= 0.3 is 0 Å². The van der Waals surface area contributed by atoms with Crippen molar-refractivity contribution in [1.82, 2.24) is 4.98 Å². The molecular weight excluding hydrogens is 328 g/mol. The molecular formula is C14H21ClN2O4S. The van der Waals surface area contributed by atoms with E-state index in [9.17, 15) is 13.5 Å². The van der Waals surface area contributed by atoms with Crippen LogP contribution in [0.4, 0.5) is 0 Å². The summed E-state index contributed by atoms with van der Waals surface area (Å²) in [6, 6.07) is 1.23. The number of aromatic nitrogens is 1. The molecule has 124 valence electrons. The smallest absolute Gasteiger partial charge is 0.239 e. The normalized spacial score (nSPS) is 25.9. The van der Waals surface area contributed by atoms with E-state index in [1.54, 1.807) is 0 Å². The Labute approximate surface area is 135 Å². The van der Waals surface area contributed by atoms with Gasteiger partial charge in [-0.2, -0.15) is 0 Å². The Bertz CT molecular complexity index is 628. The Morgan fingerprint density at radius 3 is 2.64 bits per heavy atom. The summed E-state index contributed by atoms with van der Waals surface area (Å²) < 4.78 is 28.0. The van der Waals surface area contributed by atoms with Crippen molar-refractivity contribution < 1.29 is 18.3 Å². The first kappa shape index (κ1) is 17.5. The van der Waals surface area contributed by atoms with E-state index in [-0.39, 0.29) is 15.8 Å². The van der Waals surface area contributed by atoms with Crippen molar-refractivity contribution in [1.29, 1.82) is 0 Å². The van der Waals surface area contributed by atoms with Crippen molar-refractivity contribution >= 4 is 21.6 Å². The van der Waals surface area contributed by atoms with Gasteiger partial charge in [-0.25, -0.2) is 18.5 Å². The first-order chi connectivity index (χ1) is 10.2. The maximum absolute atomic E-state index is 11.2. The van der Waals surface area contributed by atoms with E-state index < -0.39 is 15.6 Å². The summed E-state index contributed by atoms with van der Waals surface area (Å²) in [6.45, 7) is 2.44. The first-order valence-corrected chi connectivity index (χ1v) is 9.19. The van der Waals surface area contributed by atoms with Crippen molar-refractivity contribution in [3.63, 3.8) is 0 Å². The highest BCUT2D eigenvalue weighted by Gasteiger charge is 2.31. The largest absolute Gasteiger partial charge is 0.476 e. The van der Waals surface area contributed by atoms with Crippen LogP contribution in [0.25, 0.3) is 0 Å². The summed E-state index contributed by atoms with van der Waals surface area (Å²) in [5, 5.41) is 15.3. The molecule has 0 unspecified atom stereocenters. The average molecular weight is 349 g/mol. The topological polar surface area (TPSA) is 103 Å². The van der Waals surface area contributed by atoms with Gasteiger partial charge < -0.3 is 9.84 Å². The number of hydrogen-bond donors (Lipinski definition) is 2.